The topological polar surface area (TPSA) is 61.8 Å². The third kappa shape index (κ3) is 3.85. The first-order valence-corrected chi connectivity index (χ1v) is 7.73. The lowest BCUT2D eigenvalue weighted by atomic mass is 9.80. The van der Waals surface area contributed by atoms with Crippen LogP contribution in [0.15, 0.2) is 0 Å². The standard InChI is InChI=1S/C15H28N2O3/c1-15(2,3)13-10-12(6-9-17(13)14(18)19)20-11-4-7-16-8-5-11/h11-13,16H,4-10H2,1-3H3,(H,18,19). The molecule has 2 unspecified atom stereocenters. The second-order valence-corrected chi connectivity index (χ2v) is 7.09. The number of likely N-dealkylation sites (tertiary alicyclic amines) is 1. The van der Waals surface area contributed by atoms with Gasteiger partial charge in [0.25, 0.3) is 0 Å². The van der Waals surface area contributed by atoms with Crippen LogP contribution >= 0.6 is 0 Å². The van der Waals surface area contributed by atoms with E-state index in [4.69, 9.17) is 4.74 Å². The van der Waals surface area contributed by atoms with E-state index in [0.29, 0.717) is 12.6 Å². The monoisotopic (exact) mass is 284 g/mol. The number of nitrogens with one attached hydrogen (secondary N) is 1. The first-order valence-electron chi connectivity index (χ1n) is 7.73. The highest BCUT2D eigenvalue weighted by Gasteiger charge is 2.39. The molecule has 116 valence electrons. The Morgan fingerprint density at radius 1 is 1.20 bits per heavy atom. The molecule has 0 saturated carbocycles. The van der Waals surface area contributed by atoms with Gasteiger partial charge >= 0.3 is 6.09 Å². The molecule has 2 heterocycles. The van der Waals surface area contributed by atoms with E-state index < -0.39 is 6.09 Å². The van der Waals surface area contributed by atoms with Crippen molar-refractivity contribution < 1.29 is 14.6 Å². The fraction of sp³-hybridized carbons (Fsp3) is 0.933. The third-order valence-electron chi connectivity index (χ3n) is 4.47. The van der Waals surface area contributed by atoms with Crippen LogP contribution in [0.5, 0.6) is 0 Å². The summed E-state index contributed by atoms with van der Waals surface area (Å²) >= 11 is 0. The van der Waals surface area contributed by atoms with Gasteiger partial charge in [-0.25, -0.2) is 4.79 Å². The summed E-state index contributed by atoms with van der Waals surface area (Å²) in [5, 5.41) is 12.7. The maximum atomic E-state index is 11.4. The number of hydrogen-bond donors (Lipinski definition) is 2. The number of nitrogens with zero attached hydrogens (tertiary/aromatic N) is 1. The summed E-state index contributed by atoms with van der Waals surface area (Å²) in [4.78, 5) is 13.0. The van der Waals surface area contributed by atoms with Gasteiger partial charge in [-0.05, 0) is 44.2 Å². The molecule has 0 bridgehead atoms. The lowest BCUT2D eigenvalue weighted by molar-refractivity contribution is -0.0762. The minimum atomic E-state index is -0.801. The van der Waals surface area contributed by atoms with Crippen LogP contribution in [0.2, 0.25) is 0 Å². The summed E-state index contributed by atoms with van der Waals surface area (Å²) in [6.45, 7) is 8.98. The molecular formula is C15H28N2O3. The Kier molecular flexibility index (Phi) is 4.91. The molecule has 2 atom stereocenters. The maximum Gasteiger partial charge on any atom is 0.407 e. The summed E-state index contributed by atoms with van der Waals surface area (Å²) in [6, 6.07) is 0.0421. The summed E-state index contributed by atoms with van der Waals surface area (Å²) in [7, 11) is 0. The zero-order valence-corrected chi connectivity index (χ0v) is 12.9. The van der Waals surface area contributed by atoms with Crippen LogP contribution in [0.4, 0.5) is 4.79 Å². The molecule has 2 fully saturated rings. The van der Waals surface area contributed by atoms with Crippen molar-refractivity contribution >= 4 is 6.09 Å². The van der Waals surface area contributed by atoms with Crippen LogP contribution in [-0.4, -0.2) is 54.0 Å². The number of hydrogen-bond acceptors (Lipinski definition) is 3. The van der Waals surface area contributed by atoms with Crippen molar-refractivity contribution in [1.82, 2.24) is 10.2 Å². The highest BCUT2D eigenvalue weighted by atomic mass is 16.5. The van der Waals surface area contributed by atoms with Crippen LogP contribution in [0.3, 0.4) is 0 Å². The van der Waals surface area contributed by atoms with Crippen molar-refractivity contribution in [2.24, 2.45) is 5.41 Å². The van der Waals surface area contributed by atoms with Gasteiger partial charge in [0.1, 0.15) is 0 Å². The summed E-state index contributed by atoms with van der Waals surface area (Å²) in [6.07, 6.45) is 3.53. The quantitative estimate of drug-likeness (QED) is 0.817. The SMILES string of the molecule is CC(C)(C)C1CC(OC2CCNCC2)CCN1C(=O)O. The van der Waals surface area contributed by atoms with Crippen molar-refractivity contribution in [1.29, 1.82) is 0 Å². The average molecular weight is 284 g/mol. The smallest absolute Gasteiger partial charge is 0.407 e. The number of piperidine rings is 2. The largest absolute Gasteiger partial charge is 0.465 e. The molecule has 0 aromatic heterocycles. The van der Waals surface area contributed by atoms with Crippen LogP contribution in [0.25, 0.3) is 0 Å². The van der Waals surface area contributed by atoms with E-state index in [1.165, 1.54) is 0 Å². The number of carboxylic acid groups (broad SMARTS) is 1. The van der Waals surface area contributed by atoms with E-state index >= 15 is 0 Å². The zero-order chi connectivity index (χ0) is 14.8. The summed E-state index contributed by atoms with van der Waals surface area (Å²) in [5.74, 6) is 0. The second kappa shape index (κ2) is 6.31. The molecule has 0 spiro atoms. The Morgan fingerprint density at radius 3 is 2.40 bits per heavy atom. The lowest BCUT2D eigenvalue weighted by Gasteiger charge is -2.45. The Labute approximate surface area is 121 Å². The summed E-state index contributed by atoms with van der Waals surface area (Å²) < 4.78 is 6.23. The number of ether oxygens (including phenoxy) is 1. The van der Waals surface area contributed by atoms with Crippen molar-refractivity contribution in [3.63, 3.8) is 0 Å². The molecule has 2 aliphatic heterocycles. The molecule has 0 radical (unpaired) electrons. The van der Waals surface area contributed by atoms with Crippen molar-refractivity contribution in [2.75, 3.05) is 19.6 Å². The molecule has 0 aromatic carbocycles. The molecule has 5 heteroatoms. The van der Waals surface area contributed by atoms with E-state index in [0.717, 1.165) is 38.8 Å². The molecule has 0 aliphatic carbocycles. The Hall–Kier alpha value is -0.810. The van der Waals surface area contributed by atoms with E-state index in [9.17, 15) is 9.90 Å². The molecule has 20 heavy (non-hydrogen) atoms. The van der Waals surface area contributed by atoms with E-state index in [2.05, 4.69) is 26.1 Å². The minimum absolute atomic E-state index is 0.0421. The van der Waals surface area contributed by atoms with Gasteiger partial charge < -0.3 is 20.1 Å². The number of rotatable bonds is 2. The fourth-order valence-electron chi connectivity index (χ4n) is 3.31. The van der Waals surface area contributed by atoms with Gasteiger partial charge in [0.15, 0.2) is 0 Å². The normalized spacial score (nSPS) is 29.4. The van der Waals surface area contributed by atoms with Gasteiger partial charge in [0, 0.05) is 12.6 Å². The molecular weight excluding hydrogens is 256 g/mol. The van der Waals surface area contributed by atoms with Crippen LogP contribution in [0.1, 0.15) is 46.5 Å². The van der Waals surface area contributed by atoms with Gasteiger partial charge in [-0.2, -0.15) is 0 Å². The number of amides is 1. The van der Waals surface area contributed by atoms with E-state index in [1.807, 2.05) is 0 Å². The Bertz CT molecular complexity index is 335. The van der Waals surface area contributed by atoms with E-state index in [1.54, 1.807) is 4.90 Å². The molecule has 0 aromatic rings. The van der Waals surface area contributed by atoms with Crippen molar-refractivity contribution in [3.8, 4) is 0 Å². The molecule has 2 rings (SSSR count). The minimum Gasteiger partial charge on any atom is -0.465 e. The molecule has 2 saturated heterocycles. The van der Waals surface area contributed by atoms with Crippen molar-refractivity contribution in [2.45, 2.75) is 64.7 Å². The molecule has 2 N–H and O–H groups in total. The Balaban J connectivity index is 1.95. The third-order valence-corrected chi connectivity index (χ3v) is 4.47. The molecule has 2 aliphatic rings. The summed E-state index contributed by atoms with van der Waals surface area (Å²) in [5.41, 5.74) is -0.0471. The highest BCUT2D eigenvalue weighted by molar-refractivity contribution is 5.65. The lowest BCUT2D eigenvalue weighted by Crippen LogP contribution is -2.53. The van der Waals surface area contributed by atoms with Crippen LogP contribution in [-0.2, 0) is 4.74 Å². The van der Waals surface area contributed by atoms with Crippen LogP contribution < -0.4 is 5.32 Å². The van der Waals surface area contributed by atoms with E-state index in [-0.39, 0.29) is 17.6 Å². The predicted octanol–water partition coefficient (Wildman–Crippen LogP) is 2.31. The predicted molar refractivity (Wildman–Crippen MR) is 78.0 cm³/mol. The van der Waals surface area contributed by atoms with Gasteiger partial charge in [-0.15, -0.1) is 0 Å². The van der Waals surface area contributed by atoms with Gasteiger partial charge in [-0.1, -0.05) is 20.8 Å². The maximum absolute atomic E-state index is 11.4. The zero-order valence-electron chi connectivity index (χ0n) is 12.9. The van der Waals surface area contributed by atoms with Crippen molar-refractivity contribution in [3.05, 3.63) is 0 Å². The number of carbonyl (C=O) groups is 1. The first kappa shape index (κ1) is 15.6. The fourth-order valence-corrected chi connectivity index (χ4v) is 3.31. The first-order chi connectivity index (χ1) is 9.38. The average Bonchev–Trinajstić information content (AvgIpc) is 2.38. The molecule has 1 amide bonds. The van der Waals surface area contributed by atoms with Crippen LogP contribution in [0, 0.1) is 5.41 Å². The highest BCUT2D eigenvalue weighted by Crippen LogP contribution is 2.33. The van der Waals surface area contributed by atoms with Gasteiger partial charge in [0.05, 0.1) is 12.2 Å². The second-order valence-electron chi connectivity index (χ2n) is 7.09. The molecule has 5 nitrogen and oxygen atoms in total. The van der Waals surface area contributed by atoms with Gasteiger partial charge in [-0.3, -0.25) is 0 Å². The van der Waals surface area contributed by atoms with Gasteiger partial charge in [0.2, 0.25) is 0 Å². The Morgan fingerprint density at radius 2 is 1.85 bits per heavy atom.